The lowest BCUT2D eigenvalue weighted by atomic mass is 10.0. The molecule has 0 saturated carbocycles. The fraction of sp³-hybridized carbons (Fsp3) is 0.600. The number of ether oxygens (including phenoxy) is 2. The molecule has 0 aliphatic carbocycles. The molecule has 224 valence electrons. The fourth-order valence-corrected chi connectivity index (χ4v) is 6.19. The molecule has 4 heterocycles. The minimum atomic E-state index is -0.674. The summed E-state index contributed by atoms with van der Waals surface area (Å²) in [6.45, 7) is 12.3. The summed E-state index contributed by atoms with van der Waals surface area (Å²) in [5.41, 5.74) is 1.66. The molecule has 41 heavy (non-hydrogen) atoms. The highest BCUT2D eigenvalue weighted by atomic mass is 19.1. The van der Waals surface area contributed by atoms with E-state index in [4.69, 9.17) is 9.47 Å². The molecule has 0 spiro atoms. The second kappa shape index (κ2) is 12.7. The number of carbonyl (C=O) groups excluding carboxylic acids is 1. The summed E-state index contributed by atoms with van der Waals surface area (Å²) in [5, 5.41) is 13.6. The van der Waals surface area contributed by atoms with Gasteiger partial charge in [0.05, 0.1) is 38.1 Å². The van der Waals surface area contributed by atoms with Crippen LogP contribution in [-0.4, -0.2) is 102 Å². The Bertz CT molecular complexity index is 1240. The smallest absolute Gasteiger partial charge is 0.241 e. The van der Waals surface area contributed by atoms with Gasteiger partial charge in [-0.15, -0.1) is 0 Å². The van der Waals surface area contributed by atoms with Crippen LogP contribution in [0.1, 0.15) is 44.5 Å². The Kier molecular flexibility index (Phi) is 9.20. The first kappa shape index (κ1) is 29.8. The second-order valence-corrected chi connectivity index (χ2v) is 11.7. The Labute approximate surface area is 240 Å². The molecular formula is C30H41F2N5O4. The average Bonchev–Trinajstić information content (AvgIpc) is 2.93. The van der Waals surface area contributed by atoms with E-state index in [0.717, 1.165) is 25.7 Å². The monoisotopic (exact) mass is 573 g/mol. The predicted molar refractivity (Wildman–Crippen MR) is 151 cm³/mol. The van der Waals surface area contributed by atoms with Crippen LogP contribution in [-0.2, 0) is 22.6 Å². The van der Waals surface area contributed by atoms with Gasteiger partial charge in [-0.1, -0.05) is 6.07 Å². The number of piperazine rings is 1. The number of halogens is 2. The van der Waals surface area contributed by atoms with Crippen molar-refractivity contribution in [3.8, 4) is 5.88 Å². The third-order valence-corrected chi connectivity index (χ3v) is 8.45. The van der Waals surface area contributed by atoms with E-state index < -0.39 is 11.6 Å². The molecule has 2 fully saturated rings. The number of nitrogens with one attached hydrogen (secondary N) is 1. The Balaban J connectivity index is 1.39. The first-order chi connectivity index (χ1) is 19.6. The molecule has 1 aromatic carbocycles. The van der Waals surface area contributed by atoms with Crippen LogP contribution in [0, 0.1) is 11.6 Å². The summed E-state index contributed by atoms with van der Waals surface area (Å²) in [6.07, 6.45) is 0.0893. The normalized spacial score (nSPS) is 27.4. The van der Waals surface area contributed by atoms with Crippen molar-refractivity contribution in [2.75, 3.05) is 50.9 Å². The van der Waals surface area contributed by atoms with Crippen LogP contribution < -0.4 is 15.0 Å². The Morgan fingerprint density at radius 3 is 2.54 bits per heavy atom. The molecule has 1 aromatic heterocycles. The zero-order valence-corrected chi connectivity index (χ0v) is 24.3. The minimum Gasteiger partial charge on any atom is -0.474 e. The predicted octanol–water partition coefficient (Wildman–Crippen LogP) is 2.33. The molecule has 5 atom stereocenters. The van der Waals surface area contributed by atoms with Crippen LogP contribution in [0.25, 0.3) is 0 Å². The van der Waals surface area contributed by atoms with Gasteiger partial charge in [0, 0.05) is 56.3 Å². The van der Waals surface area contributed by atoms with E-state index in [0.29, 0.717) is 42.2 Å². The van der Waals surface area contributed by atoms with Crippen LogP contribution >= 0.6 is 0 Å². The number of anilines is 1. The Hall–Kier alpha value is -2.70. The van der Waals surface area contributed by atoms with Gasteiger partial charge < -0.3 is 24.8 Å². The van der Waals surface area contributed by atoms with Crippen molar-refractivity contribution in [1.29, 1.82) is 0 Å². The lowest BCUT2D eigenvalue weighted by Crippen LogP contribution is -2.63. The van der Waals surface area contributed by atoms with Gasteiger partial charge in [-0.25, -0.2) is 13.8 Å². The summed E-state index contributed by atoms with van der Waals surface area (Å²) >= 11 is 0. The highest BCUT2D eigenvalue weighted by Crippen LogP contribution is 2.35. The van der Waals surface area contributed by atoms with Gasteiger partial charge in [-0.2, -0.15) is 0 Å². The molecule has 0 radical (unpaired) electrons. The van der Waals surface area contributed by atoms with E-state index in [1.54, 1.807) is 11.0 Å². The number of nitrogens with zero attached hydrogens (tertiary/aromatic N) is 4. The van der Waals surface area contributed by atoms with E-state index in [2.05, 4.69) is 40.9 Å². The maximum Gasteiger partial charge on any atom is 0.241 e. The Morgan fingerprint density at radius 2 is 1.83 bits per heavy atom. The van der Waals surface area contributed by atoms with Crippen LogP contribution in [0.5, 0.6) is 5.88 Å². The SMILES string of the molecule is C[C@@H]1CN(CC(=O)N2c3cc(Cc4ccc(F)cc4F)c(CO)nc3OC[C@@H]2C)[C@@H](CN2[C@H](C)COC[C@H]2C)CN1. The molecule has 3 aliphatic heterocycles. The highest BCUT2D eigenvalue weighted by Gasteiger charge is 2.37. The third-order valence-electron chi connectivity index (χ3n) is 8.45. The summed E-state index contributed by atoms with van der Waals surface area (Å²) < 4.78 is 39.6. The lowest BCUT2D eigenvalue weighted by Gasteiger charge is -2.46. The van der Waals surface area contributed by atoms with E-state index >= 15 is 0 Å². The molecule has 9 nitrogen and oxygen atoms in total. The number of pyridine rings is 1. The molecular weight excluding hydrogens is 532 g/mol. The zero-order valence-electron chi connectivity index (χ0n) is 24.3. The van der Waals surface area contributed by atoms with Crippen molar-refractivity contribution in [3.63, 3.8) is 0 Å². The number of aliphatic hydroxyl groups is 1. The number of hydrogen-bond donors (Lipinski definition) is 2. The van der Waals surface area contributed by atoms with Gasteiger partial charge in [-0.05, 0) is 51.0 Å². The fourth-order valence-electron chi connectivity index (χ4n) is 6.19. The van der Waals surface area contributed by atoms with Gasteiger partial charge >= 0.3 is 0 Å². The maximum absolute atomic E-state index is 14.5. The molecule has 11 heteroatoms. The zero-order chi connectivity index (χ0) is 29.3. The Morgan fingerprint density at radius 1 is 1.07 bits per heavy atom. The van der Waals surface area contributed by atoms with Crippen molar-refractivity contribution >= 4 is 11.6 Å². The first-order valence-electron chi connectivity index (χ1n) is 14.5. The largest absolute Gasteiger partial charge is 0.474 e. The number of morpholine rings is 1. The van der Waals surface area contributed by atoms with Crippen molar-refractivity contribution in [2.24, 2.45) is 0 Å². The van der Waals surface area contributed by atoms with E-state index in [-0.39, 0.29) is 61.7 Å². The van der Waals surface area contributed by atoms with Crippen molar-refractivity contribution < 1.29 is 28.2 Å². The average molecular weight is 574 g/mol. The molecule has 2 aromatic rings. The number of aliphatic hydroxyl groups excluding tert-OH is 1. The standard InChI is InChI=1S/C30H41F2N5O4/c1-18-11-35(25(10-33-18)12-36-19(2)15-40-16-20(36)3)13-29(39)37-21(4)17-41-30-28(37)8-23(27(14-38)34-30)7-22-5-6-24(31)9-26(22)32/h5-6,8-9,18-21,25,33,38H,7,10-17H2,1-4H3/t18-,19-,20-,21+,25-/m1/s1. The first-order valence-corrected chi connectivity index (χ1v) is 14.5. The maximum atomic E-state index is 14.5. The summed E-state index contributed by atoms with van der Waals surface area (Å²) in [5.74, 6) is -1.13. The molecule has 0 unspecified atom stereocenters. The third kappa shape index (κ3) is 6.54. The quantitative estimate of drug-likeness (QED) is 0.522. The molecule has 3 aliphatic rings. The number of hydrogen-bond acceptors (Lipinski definition) is 8. The van der Waals surface area contributed by atoms with Crippen LogP contribution in [0.2, 0.25) is 0 Å². The van der Waals surface area contributed by atoms with E-state index in [1.165, 1.54) is 12.1 Å². The molecule has 5 rings (SSSR count). The summed E-state index contributed by atoms with van der Waals surface area (Å²) in [7, 11) is 0. The van der Waals surface area contributed by atoms with E-state index in [1.807, 2.05) is 6.92 Å². The lowest BCUT2D eigenvalue weighted by molar-refractivity contribution is -0.122. The molecule has 1 amide bonds. The van der Waals surface area contributed by atoms with E-state index in [9.17, 15) is 18.7 Å². The van der Waals surface area contributed by atoms with Crippen molar-refractivity contribution in [2.45, 2.75) is 70.9 Å². The number of amides is 1. The number of rotatable bonds is 7. The van der Waals surface area contributed by atoms with Gasteiger partial charge in [0.2, 0.25) is 11.8 Å². The van der Waals surface area contributed by atoms with Gasteiger partial charge in [-0.3, -0.25) is 14.6 Å². The molecule has 0 bridgehead atoms. The number of aromatic nitrogens is 1. The molecule has 2 saturated heterocycles. The molecule has 2 N–H and O–H groups in total. The van der Waals surface area contributed by atoms with Crippen molar-refractivity contribution in [3.05, 3.63) is 52.7 Å². The summed E-state index contributed by atoms with van der Waals surface area (Å²) in [4.78, 5) is 25.0. The van der Waals surface area contributed by atoms with Gasteiger partial charge in [0.25, 0.3) is 0 Å². The van der Waals surface area contributed by atoms with Gasteiger partial charge in [0.15, 0.2) is 0 Å². The number of carbonyl (C=O) groups is 1. The summed E-state index contributed by atoms with van der Waals surface area (Å²) in [6, 6.07) is 5.94. The highest BCUT2D eigenvalue weighted by molar-refractivity contribution is 5.97. The van der Waals surface area contributed by atoms with Gasteiger partial charge in [0.1, 0.15) is 23.9 Å². The number of benzene rings is 1. The van der Waals surface area contributed by atoms with Crippen LogP contribution in [0.15, 0.2) is 24.3 Å². The topological polar surface area (TPSA) is 90.4 Å². The van der Waals surface area contributed by atoms with Crippen molar-refractivity contribution in [1.82, 2.24) is 20.1 Å². The van der Waals surface area contributed by atoms with Crippen LogP contribution in [0.4, 0.5) is 14.5 Å². The number of fused-ring (bicyclic) bond motifs is 1. The second-order valence-electron chi connectivity index (χ2n) is 11.7. The van der Waals surface area contributed by atoms with Crippen LogP contribution in [0.3, 0.4) is 0 Å². The minimum absolute atomic E-state index is 0.0679.